The minimum atomic E-state index is -0.534. The van der Waals surface area contributed by atoms with Crippen LogP contribution in [0.5, 0.6) is 0 Å². The van der Waals surface area contributed by atoms with Crippen LogP contribution < -0.4 is 16.8 Å². The van der Waals surface area contributed by atoms with Crippen molar-refractivity contribution < 1.29 is 9.21 Å². The van der Waals surface area contributed by atoms with Crippen molar-refractivity contribution in [3.05, 3.63) is 28.7 Å². The largest absolute Gasteiger partial charge is 0.417 e. The summed E-state index contributed by atoms with van der Waals surface area (Å²) >= 11 is 0. The second-order valence-electron chi connectivity index (χ2n) is 5.10. The van der Waals surface area contributed by atoms with Gasteiger partial charge in [-0.2, -0.15) is 0 Å². The Labute approximate surface area is 110 Å². The van der Waals surface area contributed by atoms with Crippen molar-refractivity contribution in [2.45, 2.75) is 20.3 Å². The van der Waals surface area contributed by atoms with E-state index in [0.29, 0.717) is 29.8 Å². The number of oxazole rings is 1. The Kier molecular flexibility index (Phi) is 3.44. The van der Waals surface area contributed by atoms with Gasteiger partial charge in [0.15, 0.2) is 5.58 Å². The predicted octanol–water partition coefficient (Wildman–Crippen LogP) is 1.43. The summed E-state index contributed by atoms with van der Waals surface area (Å²) in [7, 11) is 0. The number of anilines is 1. The number of aromatic amines is 1. The maximum absolute atomic E-state index is 12.1. The van der Waals surface area contributed by atoms with Crippen LogP contribution in [0.25, 0.3) is 11.1 Å². The fraction of sp³-hybridized carbons (Fsp3) is 0.385. The summed E-state index contributed by atoms with van der Waals surface area (Å²) in [5.41, 5.74) is 6.58. The Hall–Kier alpha value is -2.08. The number of carbonyl (C=O) groups excluding carboxylic acids is 1. The highest BCUT2D eigenvalue weighted by atomic mass is 16.4. The highest BCUT2D eigenvalue weighted by Crippen LogP contribution is 2.23. The smallest absolute Gasteiger partial charge is 0.408 e. The van der Waals surface area contributed by atoms with Gasteiger partial charge in [-0.05, 0) is 31.2 Å². The van der Waals surface area contributed by atoms with Crippen molar-refractivity contribution >= 4 is 22.7 Å². The van der Waals surface area contributed by atoms with Gasteiger partial charge >= 0.3 is 5.76 Å². The van der Waals surface area contributed by atoms with Crippen molar-refractivity contribution in [3.8, 4) is 0 Å². The molecule has 0 aliphatic rings. The highest BCUT2D eigenvalue weighted by molar-refractivity contribution is 5.96. The molecule has 2 aromatic rings. The fourth-order valence-corrected chi connectivity index (χ4v) is 1.80. The predicted molar refractivity (Wildman–Crippen MR) is 72.9 cm³/mol. The van der Waals surface area contributed by atoms with Gasteiger partial charge in [-0.3, -0.25) is 9.78 Å². The van der Waals surface area contributed by atoms with E-state index >= 15 is 0 Å². The first-order valence-electron chi connectivity index (χ1n) is 6.07. The molecule has 1 aromatic heterocycles. The van der Waals surface area contributed by atoms with Gasteiger partial charge in [-0.25, -0.2) is 4.79 Å². The number of carbonyl (C=O) groups is 1. The van der Waals surface area contributed by atoms with Gasteiger partial charge in [0.1, 0.15) is 0 Å². The van der Waals surface area contributed by atoms with Gasteiger partial charge in [0.05, 0.1) is 5.52 Å². The second-order valence-corrected chi connectivity index (χ2v) is 5.10. The standard InChI is InChI=1S/C13H17N3O3/c1-13(2,5-6-14)11(17)15-8-3-4-10-9(7-8)16-12(18)19-10/h3-4,7H,5-6,14H2,1-2H3,(H,15,17)(H,16,18). The summed E-state index contributed by atoms with van der Waals surface area (Å²) in [6.45, 7) is 4.13. The van der Waals surface area contributed by atoms with E-state index in [9.17, 15) is 9.59 Å². The zero-order valence-corrected chi connectivity index (χ0v) is 10.9. The third kappa shape index (κ3) is 2.85. The molecule has 6 nitrogen and oxygen atoms in total. The topological polar surface area (TPSA) is 101 Å². The van der Waals surface area contributed by atoms with Crippen LogP contribution in [0.2, 0.25) is 0 Å². The van der Waals surface area contributed by atoms with Crippen molar-refractivity contribution in [3.63, 3.8) is 0 Å². The first-order chi connectivity index (χ1) is 8.92. The molecule has 0 unspecified atom stereocenters. The molecule has 19 heavy (non-hydrogen) atoms. The van der Waals surface area contributed by atoms with E-state index in [1.165, 1.54) is 0 Å². The fourth-order valence-electron chi connectivity index (χ4n) is 1.80. The number of nitrogens with one attached hydrogen (secondary N) is 2. The molecule has 0 fully saturated rings. The van der Waals surface area contributed by atoms with Gasteiger partial charge in [-0.1, -0.05) is 13.8 Å². The summed E-state index contributed by atoms with van der Waals surface area (Å²) in [5.74, 6) is -0.620. The SMILES string of the molecule is CC(C)(CCN)C(=O)Nc1ccc2oc(=O)[nH]c2c1. The van der Waals surface area contributed by atoms with Crippen LogP contribution in [-0.2, 0) is 4.79 Å². The van der Waals surface area contributed by atoms with Gasteiger partial charge in [0.25, 0.3) is 0 Å². The minimum absolute atomic E-state index is 0.108. The molecule has 0 aliphatic carbocycles. The molecule has 0 bridgehead atoms. The van der Waals surface area contributed by atoms with Crippen LogP contribution in [0, 0.1) is 5.41 Å². The lowest BCUT2D eigenvalue weighted by atomic mass is 9.88. The molecule has 6 heteroatoms. The Morgan fingerprint density at radius 3 is 2.89 bits per heavy atom. The number of aromatic nitrogens is 1. The van der Waals surface area contributed by atoms with Gasteiger partial charge in [0, 0.05) is 11.1 Å². The Morgan fingerprint density at radius 2 is 2.21 bits per heavy atom. The number of amides is 1. The number of benzene rings is 1. The zero-order chi connectivity index (χ0) is 14.0. The Morgan fingerprint density at radius 1 is 1.47 bits per heavy atom. The lowest BCUT2D eigenvalue weighted by Gasteiger charge is -2.22. The van der Waals surface area contributed by atoms with E-state index in [2.05, 4.69) is 10.3 Å². The zero-order valence-electron chi connectivity index (χ0n) is 10.9. The molecule has 1 heterocycles. The van der Waals surface area contributed by atoms with Crippen LogP contribution in [-0.4, -0.2) is 17.4 Å². The molecule has 1 amide bonds. The lowest BCUT2D eigenvalue weighted by Crippen LogP contribution is -2.32. The van der Waals surface area contributed by atoms with Gasteiger partial charge < -0.3 is 15.5 Å². The molecule has 0 atom stereocenters. The Bertz CT molecular complexity index is 654. The van der Waals surface area contributed by atoms with E-state index in [0.717, 1.165) is 0 Å². The van der Waals surface area contributed by atoms with E-state index in [-0.39, 0.29) is 5.91 Å². The molecule has 1 aromatic carbocycles. The van der Waals surface area contributed by atoms with Crippen molar-refractivity contribution in [2.75, 3.05) is 11.9 Å². The van der Waals surface area contributed by atoms with Crippen molar-refractivity contribution in [1.29, 1.82) is 0 Å². The second kappa shape index (κ2) is 4.89. The summed E-state index contributed by atoms with van der Waals surface area (Å²) in [4.78, 5) is 25.7. The molecule has 0 saturated carbocycles. The van der Waals surface area contributed by atoms with Crippen molar-refractivity contribution in [1.82, 2.24) is 4.98 Å². The van der Waals surface area contributed by atoms with Crippen LogP contribution in [0.3, 0.4) is 0 Å². The number of fused-ring (bicyclic) bond motifs is 1. The van der Waals surface area contributed by atoms with E-state index < -0.39 is 11.2 Å². The molecule has 0 saturated heterocycles. The number of rotatable bonds is 4. The van der Waals surface area contributed by atoms with E-state index in [4.69, 9.17) is 10.2 Å². The number of nitrogens with two attached hydrogens (primary N) is 1. The quantitative estimate of drug-likeness (QED) is 0.776. The number of H-pyrrole nitrogens is 1. The maximum Gasteiger partial charge on any atom is 0.417 e. The van der Waals surface area contributed by atoms with Crippen LogP contribution in [0.1, 0.15) is 20.3 Å². The highest BCUT2D eigenvalue weighted by Gasteiger charge is 2.26. The minimum Gasteiger partial charge on any atom is -0.408 e. The first-order valence-corrected chi connectivity index (χ1v) is 6.07. The summed E-state index contributed by atoms with van der Waals surface area (Å²) in [5, 5.41) is 2.81. The van der Waals surface area contributed by atoms with Crippen molar-refractivity contribution in [2.24, 2.45) is 11.1 Å². The van der Waals surface area contributed by atoms with Gasteiger partial charge in [-0.15, -0.1) is 0 Å². The maximum atomic E-state index is 12.1. The Balaban J connectivity index is 2.21. The van der Waals surface area contributed by atoms with Crippen LogP contribution in [0.15, 0.2) is 27.4 Å². The molecule has 0 radical (unpaired) electrons. The van der Waals surface area contributed by atoms with Gasteiger partial charge in [0.2, 0.25) is 5.91 Å². The molecule has 4 N–H and O–H groups in total. The third-order valence-electron chi connectivity index (χ3n) is 3.06. The first kappa shape index (κ1) is 13.4. The molecule has 102 valence electrons. The molecule has 0 aliphatic heterocycles. The summed E-state index contributed by atoms with van der Waals surface area (Å²) in [6, 6.07) is 4.99. The average molecular weight is 263 g/mol. The summed E-state index contributed by atoms with van der Waals surface area (Å²) in [6.07, 6.45) is 0.601. The average Bonchev–Trinajstić information content (AvgIpc) is 2.68. The van der Waals surface area contributed by atoms with E-state index in [1.54, 1.807) is 18.2 Å². The lowest BCUT2D eigenvalue weighted by molar-refractivity contribution is -0.124. The third-order valence-corrected chi connectivity index (χ3v) is 3.06. The van der Waals surface area contributed by atoms with E-state index in [1.807, 2.05) is 13.8 Å². The normalized spacial score (nSPS) is 11.7. The number of hydrogen-bond acceptors (Lipinski definition) is 4. The van der Waals surface area contributed by atoms with Crippen LogP contribution in [0.4, 0.5) is 5.69 Å². The molecule has 2 rings (SSSR count). The number of hydrogen-bond donors (Lipinski definition) is 3. The monoisotopic (exact) mass is 263 g/mol. The summed E-state index contributed by atoms with van der Waals surface area (Å²) < 4.78 is 4.89. The molecular weight excluding hydrogens is 246 g/mol. The van der Waals surface area contributed by atoms with Crippen LogP contribution >= 0.6 is 0 Å². The molecule has 0 spiro atoms. The molecular formula is C13H17N3O3.